The first-order valence-electron chi connectivity index (χ1n) is 12.4. The third-order valence-electron chi connectivity index (χ3n) is 7.56. The minimum absolute atomic E-state index is 0.00883. The smallest absolute Gasteiger partial charge is 0.407 e. The fourth-order valence-electron chi connectivity index (χ4n) is 5.60. The van der Waals surface area contributed by atoms with Gasteiger partial charge >= 0.3 is 12.1 Å². The average molecular weight is 479 g/mol. The molecule has 2 aromatic carbocycles. The van der Waals surface area contributed by atoms with Crippen LogP contribution < -0.4 is 5.32 Å². The van der Waals surface area contributed by atoms with Crippen molar-refractivity contribution in [2.24, 2.45) is 5.92 Å². The summed E-state index contributed by atoms with van der Waals surface area (Å²) < 4.78 is 5.69. The summed E-state index contributed by atoms with van der Waals surface area (Å²) in [6.07, 6.45) is 2.22. The summed E-state index contributed by atoms with van der Waals surface area (Å²) in [5.41, 5.74) is 3.39. The Bertz CT molecular complexity index is 1070. The van der Waals surface area contributed by atoms with Gasteiger partial charge in [-0.25, -0.2) is 9.59 Å². The van der Waals surface area contributed by atoms with Gasteiger partial charge in [0.15, 0.2) is 0 Å². The molecule has 2 amide bonds. The zero-order valence-corrected chi connectivity index (χ0v) is 20.6. The number of nitrogens with one attached hydrogen (secondary N) is 1. The van der Waals surface area contributed by atoms with Crippen LogP contribution in [0.1, 0.15) is 63.5 Å². The van der Waals surface area contributed by atoms with Gasteiger partial charge in [0.25, 0.3) is 0 Å². The molecule has 0 aromatic heterocycles. The number of fused-ring (bicyclic) bond motifs is 3. The number of amides is 2. The normalized spacial score (nSPS) is 19.1. The minimum Gasteiger partial charge on any atom is -0.480 e. The van der Waals surface area contributed by atoms with Crippen LogP contribution >= 0.6 is 0 Å². The lowest BCUT2D eigenvalue weighted by Crippen LogP contribution is -2.53. The van der Waals surface area contributed by atoms with E-state index in [1.807, 2.05) is 24.3 Å². The van der Waals surface area contributed by atoms with Gasteiger partial charge in [-0.1, -0.05) is 55.0 Å². The molecule has 0 radical (unpaired) electrons. The Morgan fingerprint density at radius 2 is 1.63 bits per heavy atom. The van der Waals surface area contributed by atoms with Crippen molar-refractivity contribution in [1.82, 2.24) is 10.2 Å². The molecule has 7 heteroatoms. The first kappa shape index (κ1) is 24.8. The summed E-state index contributed by atoms with van der Waals surface area (Å²) in [7, 11) is 0. The van der Waals surface area contributed by atoms with Gasteiger partial charge in [-0.2, -0.15) is 0 Å². The predicted molar refractivity (Wildman–Crippen MR) is 133 cm³/mol. The largest absolute Gasteiger partial charge is 0.480 e. The topological polar surface area (TPSA) is 95.9 Å². The van der Waals surface area contributed by atoms with Crippen molar-refractivity contribution < 1.29 is 24.2 Å². The molecule has 0 heterocycles. The van der Waals surface area contributed by atoms with Crippen LogP contribution in [-0.2, 0) is 14.3 Å². The Hall–Kier alpha value is -3.35. The lowest BCUT2D eigenvalue weighted by Gasteiger charge is -2.35. The number of alkyl carbamates (subject to hydrolysis) is 1. The van der Waals surface area contributed by atoms with Gasteiger partial charge in [0.1, 0.15) is 12.1 Å². The van der Waals surface area contributed by atoms with Crippen molar-refractivity contribution >= 4 is 18.0 Å². The van der Waals surface area contributed by atoms with E-state index in [9.17, 15) is 19.5 Å². The molecule has 2 atom stereocenters. The number of carbonyl (C=O) groups is 3. The maximum atomic E-state index is 13.0. The van der Waals surface area contributed by atoms with Gasteiger partial charge in [0, 0.05) is 24.9 Å². The molecular weight excluding hydrogens is 444 g/mol. The number of likely N-dealkylation sites (N-methyl/N-ethyl adjacent to an activating group) is 1. The summed E-state index contributed by atoms with van der Waals surface area (Å²) in [4.78, 5) is 38.7. The van der Waals surface area contributed by atoms with Crippen LogP contribution in [0.15, 0.2) is 48.5 Å². The fraction of sp³-hybridized carbons (Fsp3) is 0.464. The van der Waals surface area contributed by atoms with Crippen molar-refractivity contribution in [3.8, 4) is 11.1 Å². The van der Waals surface area contributed by atoms with Gasteiger partial charge in [0.2, 0.25) is 5.91 Å². The number of hydrogen-bond donors (Lipinski definition) is 2. The molecular formula is C28H34N2O5. The molecule has 1 saturated carbocycles. The molecule has 0 unspecified atom stereocenters. The fourth-order valence-corrected chi connectivity index (χ4v) is 5.60. The highest BCUT2D eigenvalue weighted by atomic mass is 16.5. The van der Waals surface area contributed by atoms with Crippen LogP contribution in [0.4, 0.5) is 4.79 Å². The predicted octanol–water partition coefficient (Wildman–Crippen LogP) is 4.80. The second-order valence-corrected chi connectivity index (χ2v) is 9.97. The number of aliphatic carboxylic acids is 1. The summed E-state index contributed by atoms with van der Waals surface area (Å²) in [5.74, 6) is -1.29. The zero-order valence-electron chi connectivity index (χ0n) is 20.6. The highest BCUT2D eigenvalue weighted by molar-refractivity contribution is 5.86. The maximum absolute atomic E-state index is 13.0. The van der Waals surface area contributed by atoms with E-state index < -0.39 is 17.6 Å². The third kappa shape index (κ3) is 4.90. The van der Waals surface area contributed by atoms with E-state index in [0.29, 0.717) is 6.54 Å². The summed E-state index contributed by atoms with van der Waals surface area (Å²) in [5, 5.41) is 12.5. The SMILES string of the molecule is CCN(C(=O)C[C@@H]1CCC[C@H]1NC(=O)OCC1c2ccccc2-c2ccccc21)C(C)(C)C(=O)O. The number of benzene rings is 2. The highest BCUT2D eigenvalue weighted by Crippen LogP contribution is 2.44. The zero-order chi connectivity index (χ0) is 25.2. The van der Waals surface area contributed by atoms with E-state index in [1.165, 1.54) is 29.9 Å². The molecule has 186 valence electrons. The molecule has 0 aliphatic heterocycles. The van der Waals surface area contributed by atoms with Crippen molar-refractivity contribution in [2.75, 3.05) is 13.2 Å². The molecule has 0 bridgehead atoms. The standard InChI is InChI=1S/C28H34N2O5/c1-4-30(28(2,3)26(32)33)25(31)16-18-10-9-15-24(18)29-27(34)35-17-23-21-13-7-5-11-19(21)20-12-6-8-14-22(20)23/h5-8,11-14,18,23-24H,4,9-10,15-17H2,1-3H3,(H,29,34)(H,32,33)/t18-,24+/m0/s1. The Labute approximate surface area is 206 Å². The van der Waals surface area contributed by atoms with Gasteiger partial charge < -0.3 is 20.1 Å². The number of carboxylic acid groups (broad SMARTS) is 1. The van der Waals surface area contributed by atoms with E-state index in [0.717, 1.165) is 30.4 Å². The van der Waals surface area contributed by atoms with Crippen molar-refractivity contribution in [1.29, 1.82) is 0 Å². The quantitative estimate of drug-likeness (QED) is 0.568. The average Bonchev–Trinajstić information content (AvgIpc) is 3.39. The number of carboxylic acids is 1. The summed E-state index contributed by atoms with van der Waals surface area (Å²) >= 11 is 0. The lowest BCUT2D eigenvalue weighted by molar-refractivity contribution is -0.157. The minimum atomic E-state index is -1.28. The van der Waals surface area contributed by atoms with Crippen LogP contribution in [0.3, 0.4) is 0 Å². The van der Waals surface area contributed by atoms with E-state index in [1.54, 1.807) is 6.92 Å². The Kier molecular flexibility index (Phi) is 7.15. The first-order valence-corrected chi connectivity index (χ1v) is 12.4. The van der Waals surface area contributed by atoms with E-state index in [2.05, 4.69) is 29.6 Å². The van der Waals surface area contributed by atoms with Gasteiger partial charge in [0.05, 0.1) is 0 Å². The molecule has 4 rings (SSSR count). The van der Waals surface area contributed by atoms with Crippen LogP contribution in [0.25, 0.3) is 11.1 Å². The Morgan fingerprint density at radius 1 is 1.03 bits per heavy atom. The van der Waals surface area contributed by atoms with Gasteiger partial charge in [-0.05, 0) is 61.8 Å². The maximum Gasteiger partial charge on any atom is 0.407 e. The van der Waals surface area contributed by atoms with Crippen molar-refractivity contribution in [3.63, 3.8) is 0 Å². The highest BCUT2D eigenvalue weighted by Gasteiger charge is 2.39. The number of carbonyl (C=O) groups excluding carboxylic acids is 2. The van der Waals surface area contributed by atoms with E-state index >= 15 is 0 Å². The van der Waals surface area contributed by atoms with Gasteiger partial charge in [-0.15, -0.1) is 0 Å². The van der Waals surface area contributed by atoms with Crippen molar-refractivity contribution in [2.45, 2.75) is 64.0 Å². The third-order valence-corrected chi connectivity index (χ3v) is 7.56. The molecule has 1 fully saturated rings. The molecule has 0 spiro atoms. The monoisotopic (exact) mass is 478 g/mol. The van der Waals surface area contributed by atoms with Crippen molar-refractivity contribution in [3.05, 3.63) is 59.7 Å². The van der Waals surface area contributed by atoms with Crippen LogP contribution in [0, 0.1) is 5.92 Å². The number of rotatable bonds is 8. The number of ether oxygens (including phenoxy) is 1. The molecule has 7 nitrogen and oxygen atoms in total. The molecule has 2 aromatic rings. The van der Waals surface area contributed by atoms with Crippen LogP contribution in [0.2, 0.25) is 0 Å². The molecule has 35 heavy (non-hydrogen) atoms. The number of nitrogens with zero attached hydrogens (tertiary/aromatic N) is 1. The van der Waals surface area contributed by atoms with E-state index in [-0.39, 0.29) is 36.8 Å². The van der Waals surface area contributed by atoms with Gasteiger partial charge in [-0.3, -0.25) is 4.79 Å². The summed E-state index contributed by atoms with van der Waals surface area (Å²) in [6.45, 7) is 5.42. The second-order valence-electron chi connectivity index (χ2n) is 9.97. The molecule has 2 aliphatic carbocycles. The Morgan fingerprint density at radius 3 is 2.20 bits per heavy atom. The lowest BCUT2D eigenvalue weighted by atomic mass is 9.96. The van der Waals surface area contributed by atoms with E-state index in [4.69, 9.17) is 4.74 Å². The molecule has 0 saturated heterocycles. The summed E-state index contributed by atoms with van der Waals surface area (Å²) in [6, 6.07) is 16.2. The second kappa shape index (κ2) is 10.1. The number of hydrogen-bond acceptors (Lipinski definition) is 4. The van der Waals surface area contributed by atoms with Crippen LogP contribution in [0.5, 0.6) is 0 Å². The van der Waals surface area contributed by atoms with Crippen LogP contribution in [-0.4, -0.2) is 52.7 Å². The first-order chi connectivity index (χ1) is 16.7. The Balaban J connectivity index is 1.36. The molecule has 2 aliphatic rings. The molecule has 2 N–H and O–H groups in total.